The predicted molar refractivity (Wildman–Crippen MR) is 75.6 cm³/mol. The van der Waals surface area contributed by atoms with Crippen LogP contribution in [0.15, 0.2) is 18.2 Å². The maximum absolute atomic E-state index is 12.3. The average Bonchev–Trinajstić information content (AvgIpc) is 3.11. The van der Waals surface area contributed by atoms with Gasteiger partial charge < -0.3 is 9.47 Å². The molecule has 4 rings (SSSR count). The Morgan fingerprint density at radius 1 is 1.38 bits per heavy atom. The zero-order chi connectivity index (χ0) is 14.4. The number of H-pyrrole nitrogens is 1. The van der Waals surface area contributed by atoms with E-state index in [1.54, 1.807) is 22.9 Å². The van der Waals surface area contributed by atoms with Gasteiger partial charge in [0.05, 0.1) is 0 Å². The molecule has 1 aromatic heterocycles. The lowest BCUT2D eigenvalue weighted by molar-refractivity contribution is 0.101. The van der Waals surface area contributed by atoms with E-state index in [-0.39, 0.29) is 12.7 Å². The lowest BCUT2D eigenvalue weighted by atomic mass is 10.2. The summed E-state index contributed by atoms with van der Waals surface area (Å²) in [6.07, 6.45) is 2.14. The number of nitrogens with zero attached hydrogens (tertiary/aromatic N) is 2. The molecule has 1 aromatic carbocycles. The third-order valence-electron chi connectivity index (χ3n) is 3.49. The van der Waals surface area contributed by atoms with Crippen molar-refractivity contribution in [1.29, 1.82) is 0 Å². The van der Waals surface area contributed by atoms with Gasteiger partial charge in [-0.15, -0.1) is 0 Å². The molecule has 1 aliphatic heterocycles. The molecule has 1 aliphatic carbocycles. The Labute approximate surface area is 124 Å². The average molecular weight is 304 g/mol. The number of aromatic amines is 1. The number of hydrogen-bond donors (Lipinski definition) is 2. The molecule has 0 atom stereocenters. The minimum atomic E-state index is -0.271. The number of aromatic nitrogens is 3. The van der Waals surface area contributed by atoms with Gasteiger partial charge in [-0.3, -0.25) is 15.3 Å². The molecule has 21 heavy (non-hydrogen) atoms. The number of carbonyl (C=O) groups excluding carboxylic acids is 1. The fourth-order valence-electron chi connectivity index (χ4n) is 2.24. The number of amides is 1. The monoisotopic (exact) mass is 304 g/mol. The zero-order valence-corrected chi connectivity index (χ0v) is 11.8. The van der Waals surface area contributed by atoms with Crippen molar-refractivity contribution in [1.82, 2.24) is 14.9 Å². The van der Waals surface area contributed by atoms with Gasteiger partial charge in [0.25, 0.3) is 5.91 Å². The van der Waals surface area contributed by atoms with E-state index in [0.717, 1.165) is 18.7 Å². The standard InChI is InChI=1S/C13H12N4O3S/c18-12(8-3-4-9-10(5-8)20-6-19-9)16-17-11(7-1-2-7)14-15-13(17)21/h3-5,7H,1-2,6H2,(H,15,21)(H,16,18). The first-order chi connectivity index (χ1) is 10.2. The van der Waals surface area contributed by atoms with Crippen LogP contribution in [0.1, 0.15) is 34.9 Å². The lowest BCUT2D eigenvalue weighted by Gasteiger charge is -2.08. The first kappa shape index (κ1) is 12.4. The van der Waals surface area contributed by atoms with Crippen LogP contribution in [-0.4, -0.2) is 27.6 Å². The molecule has 1 saturated carbocycles. The maximum atomic E-state index is 12.3. The second-order valence-corrected chi connectivity index (χ2v) is 5.39. The van der Waals surface area contributed by atoms with E-state index in [1.807, 2.05) is 0 Å². The SMILES string of the molecule is O=C(Nn1c(C2CC2)n[nH]c1=S)c1ccc2c(c1)OCO2. The van der Waals surface area contributed by atoms with Gasteiger partial charge in [-0.1, -0.05) is 0 Å². The van der Waals surface area contributed by atoms with Gasteiger partial charge in [0, 0.05) is 11.5 Å². The minimum Gasteiger partial charge on any atom is -0.454 e. The number of hydrogen-bond acceptors (Lipinski definition) is 5. The molecule has 1 fully saturated rings. The number of carbonyl (C=O) groups is 1. The summed E-state index contributed by atoms with van der Waals surface area (Å²) in [5.41, 5.74) is 3.25. The Bertz CT molecular complexity index is 778. The topological polar surface area (TPSA) is 81.2 Å². The molecule has 0 radical (unpaired) electrons. The molecule has 1 amide bonds. The van der Waals surface area contributed by atoms with E-state index in [0.29, 0.717) is 27.8 Å². The quantitative estimate of drug-likeness (QED) is 0.847. The molecule has 2 aliphatic rings. The van der Waals surface area contributed by atoms with Crippen LogP contribution in [0, 0.1) is 4.77 Å². The van der Waals surface area contributed by atoms with Gasteiger partial charge in [-0.25, -0.2) is 4.68 Å². The molecular formula is C13H12N4O3S. The van der Waals surface area contributed by atoms with Crippen LogP contribution in [0.25, 0.3) is 0 Å². The highest BCUT2D eigenvalue weighted by Gasteiger charge is 2.30. The van der Waals surface area contributed by atoms with Gasteiger partial charge >= 0.3 is 0 Å². The molecule has 2 N–H and O–H groups in total. The smallest absolute Gasteiger partial charge is 0.270 e. The van der Waals surface area contributed by atoms with E-state index >= 15 is 0 Å². The molecule has 7 nitrogen and oxygen atoms in total. The van der Waals surface area contributed by atoms with Crippen molar-refractivity contribution < 1.29 is 14.3 Å². The normalized spacial score (nSPS) is 16.0. The minimum absolute atomic E-state index is 0.180. The molecule has 0 saturated heterocycles. The van der Waals surface area contributed by atoms with Gasteiger partial charge in [-0.2, -0.15) is 5.10 Å². The summed E-state index contributed by atoms with van der Waals surface area (Å²) in [5.74, 6) is 2.09. The van der Waals surface area contributed by atoms with Gasteiger partial charge in [0.1, 0.15) is 0 Å². The third kappa shape index (κ3) is 2.17. The van der Waals surface area contributed by atoms with Crippen LogP contribution in [0.3, 0.4) is 0 Å². The second kappa shape index (κ2) is 4.59. The van der Waals surface area contributed by atoms with Crippen molar-refractivity contribution in [3.8, 4) is 11.5 Å². The fourth-order valence-corrected chi connectivity index (χ4v) is 2.42. The number of benzene rings is 1. The van der Waals surface area contributed by atoms with Gasteiger partial charge in [0.2, 0.25) is 11.6 Å². The Morgan fingerprint density at radius 2 is 2.19 bits per heavy atom. The predicted octanol–water partition coefficient (Wildman–Crippen LogP) is 1.93. The van der Waals surface area contributed by atoms with Crippen LogP contribution in [0.2, 0.25) is 0 Å². The van der Waals surface area contributed by atoms with Crippen molar-refractivity contribution in [2.24, 2.45) is 0 Å². The molecule has 0 spiro atoms. The lowest BCUT2D eigenvalue weighted by Crippen LogP contribution is -2.24. The number of nitrogens with one attached hydrogen (secondary N) is 2. The Morgan fingerprint density at radius 3 is 3.00 bits per heavy atom. The number of fused-ring (bicyclic) bond motifs is 1. The van der Waals surface area contributed by atoms with E-state index in [9.17, 15) is 4.79 Å². The van der Waals surface area contributed by atoms with Gasteiger partial charge in [0.15, 0.2) is 17.3 Å². The van der Waals surface area contributed by atoms with Crippen LogP contribution in [0.5, 0.6) is 11.5 Å². The fraction of sp³-hybridized carbons (Fsp3) is 0.308. The van der Waals surface area contributed by atoms with Crippen molar-refractivity contribution in [2.75, 3.05) is 12.2 Å². The molecule has 0 bridgehead atoms. The summed E-state index contributed by atoms with van der Waals surface area (Å²) < 4.78 is 12.4. The Hall–Kier alpha value is -2.35. The van der Waals surface area contributed by atoms with Crippen LogP contribution >= 0.6 is 12.2 Å². The largest absolute Gasteiger partial charge is 0.454 e. The first-order valence-corrected chi connectivity index (χ1v) is 7.01. The molecule has 2 aromatic rings. The van der Waals surface area contributed by atoms with E-state index in [1.165, 1.54) is 0 Å². The molecule has 0 unspecified atom stereocenters. The molecule has 108 valence electrons. The maximum Gasteiger partial charge on any atom is 0.270 e. The van der Waals surface area contributed by atoms with Crippen LogP contribution in [-0.2, 0) is 0 Å². The summed E-state index contributed by atoms with van der Waals surface area (Å²) in [6, 6.07) is 5.05. The van der Waals surface area contributed by atoms with Crippen molar-refractivity contribution in [2.45, 2.75) is 18.8 Å². The van der Waals surface area contributed by atoms with Crippen molar-refractivity contribution in [3.63, 3.8) is 0 Å². The summed E-state index contributed by atoms with van der Waals surface area (Å²) in [4.78, 5) is 12.3. The van der Waals surface area contributed by atoms with Gasteiger partial charge in [-0.05, 0) is 43.3 Å². The highest BCUT2D eigenvalue weighted by molar-refractivity contribution is 7.71. The number of ether oxygens (including phenoxy) is 2. The molecule has 8 heteroatoms. The van der Waals surface area contributed by atoms with E-state index < -0.39 is 0 Å². The highest BCUT2D eigenvalue weighted by atomic mass is 32.1. The van der Waals surface area contributed by atoms with Crippen LogP contribution in [0.4, 0.5) is 0 Å². The second-order valence-electron chi connectivity index (χ2n) is 5.01. The molecular weight excluding hydrogens is 292 g/mol. The third-order valence-corrected chi connectivity index (χ3v) is 3.76. The first-order valence-electron chi connectivity index (χ1n) is 6.61. The van der Waals surface area contributed by atoms with Crippen LogP contribution < -0.4 is 14.9 Å². The number of rotatable bonds is 3. The highest BCUT2D eigenvalue weighted by Crippen LogP contribution is 2.38. The summed E-state index contributed by atoms with van der Waals surface area (Å²) in [7, 11) is 0. The zero-order valence-electron chi connectivity index (χ0n) is 11.0. The molecule has 2 heterocycles. The summed E-state index contributed by atoms with van der Waals surface area (Å²) >= 11 is 5.15. The van der Waals surface area contributed by atoms with E-state index in [2.05, 4.69) is 15.6 Å². The summed E-state index contributed by atoms with van der Waals surface area (Å²) in [5, 5.41) is 6.88. The van der Waals surface area contributed by atoms with Crippen molar-refractivity contribution >= 4 is 18.1 Å². The summed E-state index contributed by atoms with van der Waals surface area (Å²) in [6.45, 7) is 0.180. The van der Waals surface area contributed by atoms with Crippen molar-refractivity contribution in [3.05, 3.63) is 34.4 Å². The van der Waals surface area contributed by atoms with E-state index in [4.69, 9.17) is 21.7 Å². The Kier molecular flexibility index (Phi) is 2.71. The Balaban J connectivity index is 1.61.